The Kier molecular flexibility index (Phi) is 5.30. The lowest BCUT2D eigenvalue weighted by Crippen LogP contribution is -2.49. The van der Waals surface area contributed by atoms with Crippen LogP contribution in [0.25, 0.3) is 0 Å². The molecule has 0 spiro atoms. The molecule has 6 nitrogen and oxygen atoms in total. The summed E-state index contributed by atoms with van der Waals surface area (Å²) in [5, 5.41) is 8.94. The van der Waals surface area contributed by atoms with Gasteiger partial charge in [0.15, 0.2) is 0 Å². The lowest BCUT2D eigenvalue weighted by Gasteiger charge is -2.35. The number of amides is 1. The monoisotopic (exact) mass is 293 g/mol. The highest BCUT2D eigenvalue weighted by atomic mass is 16.5. The summed E-state index contributed by atoms with van der Waals surface area (Å²) in [6.07, 6.45) is -0.108. The van der Waals surface area contributed by atoms with E-state index in [2.05, 4.69) is 0 Å². The average Bonchev–Trinajstić information content (AvgIpc) is 2.47. The SMILES string of the molecule is COCc1cccc(C(=O)N2CCOCC2CC(=O)O)c1. The molecule has 21 heavy (non-hydrogen) atoms. The van der Waals surface area contributed by atoms with Crippen LogP contribution in [0.5, 0.6) is 0 Å². The summed E-state index contributed by atoms with van der Waals surface area (Å²) in [6.45, 7) is 1.53. The number of carboxylic acids is 1. The van der Waals surface area contributed by atoms with Gasteiger partial charge in [0.2, 0.25) is 0 Å². The molecule has 1 fully saturated rings. The second-order valence-corrected chi connectivity index (χ2v) is 4.96. The number of benzene rings is 1. The highest BCUT2D eigenvalue weighted by Crippen LogP contribution is 2.16. The highest BCUT2D eigenvalue weighted by Gasteiger charge is 2.29. The third-order valence-electron chi connectivity index (χ3n) is 3.38. The average molecular weight is 293 g/mol. The van der Waals surface area contributed by atoms with Gasteiger partial charge in [-0.3, -0.25) is 9.59 Å². The minimum absolute atomic E-state index is 0.108. The van der Waals surface area contributed by atoms with Crippen molar-refractivity contribution < 1.29 is 24.2 Å². The van der Waals surface area contributed by atoms with E-state index in [4.69, 9.17) is 14.6 Å². The van der Waals surface area contributed by atoms with Crippen LogP contribution in [-0.2, 0) is 20.9 Å². The first kappa shape index (κ1) is 15.5. The van der Waals surface area contributed by atoms with Crippen LogP contribution in [0.15, 0.2) is 24.3 Å². The fraction of sp³-hybridized carbons (Fsp3) is 0.467. The molecule has 1 heterocycles. The van der Waals surface area contributed by atoms with Crippen LogP contribution < -0.4 is 0 Å². The molecule has 6 heteroatoms. The van der Waals surface area contributed by atoms with E-state index in [1.165, 1.54) is 0 Å². The second-order valence-electron chi connectivity index (χ2n) is 4.96. The molecule has 1 N–H and O–H groups in total. The van der Waals surface area contributed by atoms with Gasteiger partial charge in [0.25, 0.3) is 5.91 Å². The molecule has 1 aliphatic heterocycles. The first-order chi connectivity index (χ1) is 10.1. The fourth-order valence-corrected chi connectivity index (χ4v) is 2.42. The minimum atomic E-state index is -0.934. The predicted molar refractivity (Wildman–Crippen MR) is 75.1 cm³/mol. The lowest BCUT2D eigenvalue weighted by atomic mass is 10.1. The first-order valence-corrected chi connectivity index (χ1v) is 6.80. The normalized spacial score (nSPS) is 18.5. The predicted octanol–water partition coefficient (Wildman–Crippen LogP) is 1.15. The topological polar surface area (TPSA) is 76.1 Å². The second kappa shape index (κ2) is 7.19. The van der Waals surface area contributed by atoms with Crippen LogP contribution in [-0.4, -0.2) is 54.8 Å². The zero-order valence-corrected chi connectivity index (χ0v) is 11.9. The van der Waals surface area contributed by atoms with Crippen LogP contribution in [0.2, 0.25) is 0 Å². The van der Waals surface area contributed by atoms with Crippen molar-refractivity contribution in [2.24, 2.45) is 0 Å². The van der Waals surface area contributed by atoms with E-state index in [0.29, 0.717) is 25.3 Å². The quantitative estimate of drug-likeness (QED) is 0.881. The molecule has 1 unspecified atom stereocenters. The molecule has 2 rings (SSSR count). The molecular weight excluding hydrogens is 274 g/mol. The maximum Gasteiger partial charge on any atom is 0.305 e. The van der Waals surface area contributed by atoms with Crippen molar-refractivity contribution in [2.45, 2.75) is 19.1 Å². The van der Waals surface area contributed by atoms with E-state index < -0.39 is 12.0 Å². The van der Waals surface area contributed by atoms with Crippen molar-refractivity contribution in [3.63, 3.8) is 0 Å². The Bertz CT molecular complexity index is 517. The smallest absolute Gasteiger partial charge is 0.305 e. The number of ether oxygens (including phenoxy) is 2. The molecule has 0 aromatic heterocycles. The third-order valence-corrected chi connectivity index (χ3v) is 3.38. The largest absolute Gasteiger partial charge is 0.481 e. The van der Waals surface area contributed by atoms with E-state index in [1.54, 1.807) is 30.2 Å². The number of hydrogen-bond donors (Lipinski definition) is 1. The van der Waals surface area contributed by atoms with Gasteiger partial charge in [-0.1, -0.05) is 12.1 Å². The summed E-state index contributed by atoms with van der Waals surface area (Å²) < 4.78 is 10.3. The minimum Gasteiger partial charge on any atom is -0.481 e. The molecule has 1 atom stereocenters. The van der Waals surface area contributed by atoms with Crippen molar-refractivity contribution in [1.82, 2.24) is 4.90 Å². The van der Waals surface area contributed by atoms with Crippen LogP contribution >= 0.6 is 0 Å². The van der Waals surface area contributed by atoms with E-state index in [9.17, 15) is 9.59 Å². The van der Waals surface area contributed by atoms with Gasteiger partial charge in [0.05, 0.1) is 32.3 Å². The molecule has 1 aromatic rings. The number of morpholine rings is 1. The van der Waals surface area contributed by atoms with Crippen LogP contribution in [0.4, 0.5) is 0 Å². The van der Waals surface area contributed by atoms with Gasteiger partial charge < -0.3 is 19.5 Å². The molecular formula is C15H19NO5. The number of aliphatic carboxylic acids is 1. The Balaban J connectivity index is 2.16. The number of rotatable bonds is 5. The Labute approximate surface area is 123 Å². The molecule has 1 aromatic carbocycles. The summed E-state index contributed by atoms with van der Waals surface area (Å²) in [5.74, 6) is -1.10. The van der Waals surface area contributed by atoms with Gasteiger partial charge in [0.1, 0.15) is 0 Å². The van der Waals surface area contributed by atoms with Gasteiger partial charge in [-0.2, -0.15) is 0 Å². The standard InChI is InChI=1S/C15H19NO5/c1-20-9-11-3-2-4-12(7-11)15(19)16-5-6-21-10-13(16)8-14(17)18/h2-4,7,13H,5-6,8-10H2,1H3,(H,17,18). The van der Waals surface area contributed by atoms with E-state index >= 15 is 0 Å². The van der Waals surface area contributed by atoms with Crippen molar-refractivity contribution in [3.8, 4) is 0 Å². The lowest BCUT2D eigenvalue weighted by molar-refractivity contribution is -0.139. The Morgan fingerprint density at radius 2 is 2.29 bits per heavy atom. The summed E-state index contributed by atoms with van der Waals surface area (Å²) in [5.41, 5.74) is 1.45. The van der Waals surface area contributed by atoms with Crippen molar-refractivity contribution >= 4 is 11.9 Å². The molecule has 0 aliphatic carbocycles. The van der Waals surface area contributed by atoms with E-state index in [1.807, 2.05) is 6.07 Å². The first-order valence-electron chi connectivity index (χ1n) is 6.80. The van der Waals surface area contributed by atoms with Gasteiger partial charge >= 0.3 is 5.97 Å². The summed E-state index contributed by atoms with van der Waals surface area (Å²) in [6, 6.07) is 6.77. The van der Waals surface area contributed by atoms with E-state index in [0.717, 1.165) is 5.56 Å². The zero-order chi connectivity index (χ0) is 15.2. The molecule has 1 aliphatic rings. The van der Waals surface area contributed by atoms with Crippen LogP contribution in [0.1, 0.15) is 22.3 Å². The number of carbonyl (C=O) groups excluding carboxylic acids is 1. The maximum atomic E-state index is 12.6. The van der Waals surface area contributed by atoms with Gasteiger partial charge in [-0.15, -0.1) is 0 Å². The molecule has 114 valence electrons. The van der Waals surface area contributed by atoms with Crippen LogP contribution in [0, 0.1) is 0 Å². The zero-order valence-electron chi connectivity index (χ0n) is 11.9. The third kappa shape index (κ3) is 4.03. The van der Waals surface area contributed by atoms with Gasteiger partial charge in [-0.25, -0.2) is 0 Å². The van der Waals surface area contributed by atoms with Gasteiger partial charge in [0, 0.05) is 19.2 Å². The van der Waals surface area contributed by atoms with Gasteiger partial charge in [-0.05, 0) is 17.7 Å². The number of methoxy groups -OCH3 is 1. The molecule has 0 radical (unpaired) electrons. The van der Waals surface area contributed by atoms with Crippen molar-refractivity contribution in [3.05, 3.63) is 35.4 Å². The van der Waals surface area contributed by atoms with E-state index in [-0.39, 0.29) is 18.9 Å². The molecule has 0 bridgehead atoms. The number of carbonyl (C=O) groups is 2. The molecule has 0 saturated carbocycles. The Morgan fingerprint density at radius 3 is 3.00 bits per heavy atom. The van der Waals surface area contributed by atoms with Crippen LogP contribution in [0.3, 0.4) is 0 Å². The number of carboxylic acid groups (broad SMARTS) is 1. The fourth-order valence-electron chi connectivity index (χ4n) is 2.42. The summed E-state index contributed by atoms with van der Waals surface area (Å²) in [4.78, 5) is 25.1. The summed E-state index contributed by atoms with van der Waals surface area (Å²) in [7, 11) is 1.60. The highest BCUT2D eigenvalue weighted by molar-refractivity contribution is 5.95. The number of nitrogens with zero attached hydrogens (tertiary/aromatic N) is 1. The number of hydrogen-bond acceptors (Lipinski definition) is 4. The molecule has 1 saturated heterocycles. The Hall–Kier alpha value is -1.92. The summed E-state index contributed by atoms with van der Waals surface area (Å²) >= 11 is 0. The molecule has 1 amide bonds. The Morgan fingerprint density at radius 1 is 1.48 bits per heavy atom. The van der Waals surface area contributed by atoms with Crippen molar-refractivity contribution in [2.75, 3.05) is 26.9 Å². The van der Waals surface area contributed by atoms with Crippen molar-refractivity contribution in [1.29, 1.82) is 0 Å². The maximum absolute atomic E-state index is 12.6.